The van der Waals surface area contributed by atoms with Gasteiger partial charge in [0.05, 0.1) is 12.1 Å². The Kier molecular flexibility index (Phi) is 5.66. The first-order valence-corrected chi connectivity index (χ1v) is 8.69. The number of carbonyl (C=O) groups is 1. The molecule has 2 aromatic rings. The lowest BCUT2D eigenvalue weighted by atomic mass is 10.0. The summed E-state index contributed by atoms with van der Waals surface area (Å²) in [6.07, 6.45) is 2.61. The van der Waals surface area contributed by atoms with Crippen molar-refractivity contribution in [2.75, 3.05) is 6.61 Å². The van der Waals surface area contributed by atoms with E-state index < -0.39 is 0 Å². The van der Waals surface area contributed by atoms with Crippen LogP contribution in [0.1, 0.15) is 48.0 Å². The van der Waals surface area contributed by atoms with Gasteiger partial charge in [-0.3, -0.25) is 0 Å². The topological polar surface area (TPSA) is 61.4 Å². The van der Waals surface area contributed by atoms with Crippen LogP contribution in [-0.4, -0.2) is 17.7 Å². The highest BCUT2D eigenvalue weighted by atomic mass is 19.1. The molecule has 0 bridgehead atoms. The van der Waals surface area contributed by atoms with Gasteiger partial charge < -0.3 is 15.7 Å². The Morgan fingerprint density at radius 2 is 2.00 bits per heavy atom. The van der Waals surface area contributed by atoms with Gasteiger partial charge in [-0.25, -0.2) is 9.18 Å². The van der Waals surface area contributed by atoms with Crippen molar-refractivity contribution in [1.29, 1.82) is 0 Å². The van der Waals surface area contributed by atoms with E-state index in [1.165, 1.54) is 6.07 Å². The SMILES string of the molecule is O=C(NC(CCCO)c1ccccc1)NC1CCc2c(F)cccc21. The fourth-order valence-corrected chi connectivity index (χ4v) is 3.42. The van der Waals surface area contributed by atoms with Crippen molar-refractivity contribution in [2.45, 2.75) is 37.8 Å². The molecule has 3 rings (SSSR count). The molecule has 2 aromatic carbocycles. The van der Waals surface area contributed by atoms with Crippen molar-refractivity contribution in [3.05, 3.63) is 71.0 Å². The molecule has 132 valence electrons. The van der Waals surface area contributed by atoms with Crippen LogP contribution in [0, 0.1) is 5.82 Å². The minimum atomic E-state index is -0.270. The van der Waals surface area contributed by atoms with Gasteiger partial charge in [0.1, 0.15) is 5.82 Å². The Bertz CT molecular complexity index is 721. The quantitative estimate of drug-likeness (QED) is 0.751. The van der Waals surface area contributed by atoms with Crippen LogP contribution in [0.5, 0.6) is 0 Å². The van der Waals surface area contributed by atoms with E-state index in [4.69, 9.17) is 5.11 Å². The van der Waals surface area contributed by atoms with Gasteiger partial charge in [0.2, 0.25) is 0 Å². The average Bonchev–Trinajstić information content (AvgIpc) is 3.03. The van der Waals surface area contributed by atoms with Crippen molar-refractivity contribution in [3.8, 4) is 0 Å². The summed E-state index contributed by atoms with van der Waals surface area (Å²) in [4.78, 5) is 12.5. The smallest absolute Gasteiger partial charge is 0.315 e. The summed E-state index contributed by atoms with van der Waals surface area (Å²) in [5, 5.41) is 15.0. The van der Waals surface area contributed by atoms with Gasteiger partial charge in [-0.1, -0.05) is 42.5 Å². The maximum absolute atomic E-state index is 13.8. The Morgan fingerprint density at radius 3 is 2.76 bits per heavy atom. The fraction of sp³-hybridized carbons (Fsp3) is 0.350. The summed E-state index contributed by atoms with van der Waals surface area (Å²) < 4.78 is 13.8. The van der Waals surface area contributed by atoms with Gasteiger partial charge in [0, 0.05) is 6.61 Å². The first-order valence-electron chi connectivity index (χ1n) is 8.69. The minimum absolute atomic E-state index is 0.0852. The van der Waals surface area contributed by atoms with Crippen LogP contribution >= 0.6 is 0 Å². The second-order valence-electron chi connectivity index (χ2n) is 6.35. The number of carbonyl (C=O) groups excluding carboxylic acids is 1. The van der Waals surface area contributed by atoms with Gasteiger partial charge in [0.25, 0.3) is 0 Å². The molecule has 2 atom stereocenters. The van der Waals surface area contributed by atoms with E-state index in [0.717, 1.165) is 11.1 Å². The van der Waals surface area contributed by atoms with Gasteiger partial charge in [-0.15, -0.1) is 0 Å². The number of fused-ring (bicyclic) bond motifs is 1. The number of aliphatic hydroxyl groups is 1. The van der Waals surface area contributed by atoms with E-state index >= 15 is 0 Å². The summed E-state index contributed by atoms with van der Waals surface area (Å²) in [5.74, 6) is -0.202. The predicted octanol–water partition coefficient (Wildman–Crippen LogP) is 3.63. The normalized spacial score (nSPS) is 17.0. The molecule has 0 radical (unpaired) electrons. The lowest BCUT2D eigenvalue weighted by molar-refractivity contribution is 0.229. The monoisotopic (exact) mass is 342 g/mol. The van der Waals surface area contributed by atoms with Crippen LogP contribution in [0.15, 0.2) is 48.5 Å². The third kappa shape index (κ3) is 4.17. The molecule has 0 saturated carbocycles. The van der Waals surface area contributed by atoms with Crippen molar-refractivity contribution in [1.82, 2.24) is 10.6 Å². The second-order valence-corrected chi connectivity index (χ2v) is 6.35. The first-order chi connectivity index (χ1) is 12.2. The zero-order valence-electron chi connectivity index (χ0n) is 14.0. The molecular weight excluding hydrogens is 319 g/mol. The van der Waals surface area contributed by atoms with Crippen LogP contribution in [0.2, 0.25) is 0 Å². The zero-order valence-corrected chi connectivity index (χ0v) is 14.0. The number of halogens is 1. The number of amides is 2. The molecule has 0 aliphatic heterocycles. The van der Waals surface area contributed by atoms with E-state index in [-0.39, 0.29) is 30.5 Å². The molecule has 4 nitrogen and oxygen atoms in total. The van der Waals surface area contributed by atoms with E-state index in [1.54, 1.807) is 6.07 Å². The number of rotatable bonds is 6. The molecule has 0 heterocycles. The molecule has 0 spiro atoms. The first kappa shape index (κ1) is 17.4. The Labute approximate surface area is 147 Å². The van der Waals surface area contributed by atoms with E-state index in [9.17, 15) is 9.18 Å². The van der Waals surface area contributed by atoms with Crippen LogP contribution in [0.4, 0.5) is 9.18 Å². The Balaban J connectivity index is 1.66. The molecule has 1 aliphatic carbocycles. The van der Waals surface area contributed by atoms with Crippen LogP contribution < -0.4 is 10.6 Å². The highest BCUT2D eigenvalue weighted by Gasteiger charge is 2.26. The van der Waals surface area contributed by atoms with Gasteiger partial charge >= 0.3 is 6.03 Å². The molecule has 0 aromatic heterocycles. The maximum atomic E-state index is 13.8. The van der Waals surface area contributed by atoms with Crippen LogP contribution in [-0.2, 0) is 6.42 Å². The minimum Gasteiger partial charge on any atom is -0.396 e. The van der Waals surface area contributed by atoms with Crippen molar-refractivity contribution in [2.24, 2.45) is 0 Å². The van der Waals surface area contributed by atoms with E-state index in [0.29, 0.717) is 31.2 Å². The van der Waals surface area contributed by atoms with Gasteiger partial charge in [-0.05, 0) is 48.4 Å². The second kappa shape index (κ2) is 8.12. The maximum Gasteiger partial charge on any atom is 0.315 e. The third-order valence-electron chi connectivity index (χ3n) is 4.68. The zero-order chi connectivity index (χ0) is 17.6. The number of nitrogens with one attached hydrogen (secondary N) is 2. The molecule has 3 N–H and O–H groups in total. The average molecular weight is 342 g/mol. The lowest BCUT2D eigenvalue weighted by Gasteiger charge is -2.21. The van der Waals surface area contributed by atoms with E-state index in [2.05, 4.69) is 10.6 Å². The summed E-state index contributed by atoms with van der Waals surface area (Å²) >= 11 is 0. The fourth-order valence-electron chi connectivity index (χ4n) is 3.42. The number of aliphatic hydroxyl groups excluding tert-OH is 1. The lowest BCUT2D eigenvalue weighted by Crippen LogP contribution is -2.39. The third-order valence-corrected chi connectivity index (χ3v) is 4.68. The van der Waals surface area contributed by atoms with E-state index in [1.807, 2.05) is 36.4 Å². The number of benzene rings is 2. The molecule has 0 fully saturated rings. The van der Waals surface area contributed by atoms with Crippen molar-refractivity contribution in [3.63, 3.8) is 0 Å². The Hall–Kier alpha value is -2.40. The number of hydrogen-bond acceptors (Lipinski definition) is 2. The van der Waals surface area contributed by atoms with Crippen LogP contribution in [0.25, 0.3) is 0 Å². The highest BCUT2D eigenvalue weighted by Crippen LogP contribution is 2.32. The number of hydrogen-bond donors (Lipinski definition) is 3. The van der Waals surface area contributed by atoms with Gasteiger partial charge in [0.15, 0.2) is 0 Å². The molecule has 25 heavy (non-hydrogen) atoms. The molecule has 2 unspecified atom stereocenters. The molecule has 5 heteroatoms. The molecule has 1 aliphatic rings. The molecule has 0 saturated heterocycles. The van der Waals surface area contributed by atoms with Gasteiger partial charge in [-0.2, -0.15) is 0 Å². The largest absolute Gasteiger partial charge is 0.396 e. The van der Waals surface area contributed by atoms with Crippen molar-refractivity contribution < 1.29 is 14.3 Å². The summed E-state index contributed by atoms with van der Waals surface area (Å²) in [7, 11) is 0. The number of urea groups is 1. The highest BCUT2D eigenvalue weighted by molar-refractivity contribution is 5.75. The summed E-state index contributed by atoms with van der Waals surface area (Å²) in [6.45, 7) is 0.0852. The van der Waals surface area contributed by atoms with Crippen molar-refractivity contribution >= 4 is 6.03 Å². The summed E-state index contributed by atoms with van der Waals surface area (Å²) in [6, 6.07) is 14.1. The predicted molar refractivity (Wildman–Crippen MR) is 94.6 cm³/mol. The molecule has 2 amide bonds. The van der Waals surface area contributed by atoms with Crippen LogP contribution in [0.3, 0.4) is 0 Å². The summed E-state index contributed by atoms with van der Waals surface area (Å²) in [5.41, 5.74) is 2.57. The molecular formula is C20H23FN2O2. The Morgan fingerprint density at radius 1 is 1.20 bits per heavy atom. The standard InChI is InChI=1S/C20H23FN2O2/c21-17-9-4-8-16-15(17)11-12-19(16)23-20(25)22-18(10-5-13-24)14-6-2-1-3-7-14/h1-4,6-9,18-19,24H,5,10-13H2,(H2,22,23,25).